The lowest BCUT2D eigenvalue weighted by Crippen LogP contribution is -2.43. The maximum Gasteiger partial charge on any atom is 0.256 e. The van der Waals surface area contributed by atoms with E-state index in [2.05, 4.69) is 31.9 Å². The number of rotatable bonds is 7. The topological polar surface area (TPSA) is 40.6 Å². The average Bonchev–Trinajstić information content (AvgIpc) is 2.66. The molecule has 0 N–H and O–H groups in total. The Morgan fingerprint density at radius 1 is 0.594 bits per heavy atom. The molecule has 0 saturated heterocycles. The van der Waals surface area contributed by atoms with Crippen molar-refractivity contribution in [3.05, 3.63) is 56.5 Å². The van der Waals surface area contributed by atoms with Gasteiger partial charge in [0.15, 0.2) is 0 Å². The normalized spacial score (nSPS) is 11.6. The van der Waals surface area contributed by atoms with Crippen LogP contribution < -0.4 is 0 Å². The summed E-state index contributed by atoms with van der Waals surface area (Å²) in [6, 6.07) is 11.6. The Morgan fingerprint density at radius 3 is 1.12 bits per heavy atom. The van der Waals surface area contributed by atoms with Gasteiger partial charge in [-0.1, -0.05) is 24.3 Å². The summed E-state index contributed by atoms with van der Waals surface area (Å²) >= 11 is 7.23. The van der Waals surface area contributed by atoms with Crippen LogP contribution in [0.1, 0.15) is 76.1 Å². The van der Waals surface area contributed by atoms with E-state index in [1.54, 1.807) is 0 Å². The highest BCUT2D eigenvalue weighted by Gasteiger charge is 2.30. The van der Waals surface area contributed by atoms with E-state index in [9.17, 15) is 9.59 Å². The smallest absolute Gasteiger partial charge is 0.256 e. The number of halogens is 2. The largest absolute Gasteiger partial charge is 0.334 e. The molecule has 0 bridgehead atoms. The van der Waals surface area contributed by atoms with E-state index in [4.69, 9.17) is 0 Å². The molecule has 0 aliphatic heterocycles. The van der Waals surface area contributed by atoms with Crippen LogP contribution >= 0.6 is 31.9 Å². The van der Waals surface area contributed by atoms with Gasteiger partial charge in [-0.15, -0.1) is 0 Å². The Bertz CT molecular complexity index is 888. The lowest BCUT2D eigenvalue weighted by atomic mass is 9.93. The number of hydrogen-bond acceptors (Lipinski definition) is 2. The van der Waals surface area contributed by atoms with Crippen molar-refractivity contribution in [3.63, 3.8) is 0 Å². The van der Waals surface area contributed by atoms with Crippen LogP contribution in [0.4, 0.5) is 0 Å². The zero-order valence-electron chi connectivity index (χ0n) is 20.2. The number of carbonyl (C=O) groups is 2. The standard InChI is InChI=1S/C26H34Br2N2O2/c1-15(2)29(16(3)4)25(31)23-19(11-9-13-21(23)27)20-12-10-14-22(28)24(20)26(32)30(17(5)6)18(7)8/h9-18H,1-8H3. The predicted molar refractivity (Wildman–Crippen MR) is 140 cm³/mol. The summed E-state index contributed by atoms with van der Waals surface area (Å²) in [4.78, 5) is 31.2. The molecule has 0 fully saturated rings. The van der Waals surface area contributed by atoms with Crippen LogP contribution in [-0.4, -0.2) is 45.8 Å². The lowest BCUT2D eigenvalue weighted by molar-refractivity contribution is 0.0631. The van der Waals surface area contributed by atoms with E-state index in [0.29, 0.717) is 20.1 Å². The first-order chi connectivity index (χ1) is 14.9. The Morgan fingerprint density at radius 2 is 0.875 bits per heavy atom. The molecule has 0 heterocycles. The molecule has 0 aliphatic rings. The maximum absolute atomic E-state index is 13.7. The molecule has 4 nitrogen and oxygen atoms in total. The third-order valence-corrected chi connectivity index (χ3v) is 6.76. The van der Waals surface area contributed by atoms with Crippen molar-refractivity contribution in [1.29, 1.82) is 0 Å². The summed E-state index contributed by atoms with van der Waals surface area (Å²) in [5, 5.41) is 0. The molecule has 2 aromatic carbocycles. The Balaban J connectivity index is 2.79. The minimum Gasteiger partial charge on any atom is -0.334 e. The van der Waals surface area contributed by atoms with Crippen molar-refractivity contribution in [1.82, 2.24) is 9.80 Å². The molecule has 0 atom stereocenters. The van der Waals surface area contributed by atoms with Crippen molar-refractivity contribution in [3.8, 4) is 11.1 Å². The fourth-order valence-electron chi connectivity index (χ4n) is 4.32. The first-order valence-corrected chi connectivity index (χ1v) is 12.7. The van der Waals surface area contributed by atoms with Crippen molar-refractivity contribution >= 4 is 43.7 Å². The fourth-order valence-corrected chi connectivity index (χ4v) is 5.39. The van der Waals surface area contributed by atoms with Crippen LogP contribution in [-0.2, 0) is 0 Å². The van der Waals surface area contributed by atoms with Gasteiger partial charge in [0.05, 0.1) is 11.1 Å². The van der Waals surface area contributed by atoms with Gasteiger partial charge in [-0.25, -0.2) is 0 Å². The first-order valence-electron chi connectivity index (χ1n) is 11.1. The van der Waals surface area contributed by atoms with Crippen LogP contribution in [0.15, 0.2) is 45.3 Å². The van der Waals surface area contributed by atoms with Crippen molar-refractivity contribution in [2.45, 2.75) is 79.6 Å². The van der Waals surface area contributed by atoms with Gasteiger partial charge < -0.3 is 9.80 Å². The lowest BCUT2D eigenvalue weighted by Gasteiger charge is -2.33. The van der Waals surface area contributed by atoms with E-state index in [1.165, 1.54) is 0 Å². The van der Waals surface area contributed by atoms with E-state index in [-0.39, 0.29) is 36.0 Å². The van der Waals surface area contributed by atoms with Gasteiger partial charge in [-0.05, 0) is 111 Å². The molecule has 174 valence electrons. The number of amides is 2. The summed E-state index contributed by atoms with van der Waals surface area (Å²) < 4.78 is 1.43. The van der Waals surface area contributed by atoms with Gasteiger partial charge in [0, 0.05) is 33.1 Å². The molecule has 2 rings (SSSR count). The molecular formula is C26H34Br2N2O2. The Labute approximate surface area is 209 Å². The average molecular weight is 566 g/mol. The van der Waals surface area contributed by atoms with Crippen LogP contribution in [0, 0.1) is 0 Å². The van der Waals surface area contributed by atoms with Gasteiger partial charge >= 0.3 is 0 Å². The monoisotopic (exact) mass is 564 g/mol. The summed E-state index contributed by atoms with van der Waals surface area (Å²) in [6.45, 7) is 16.2. The second kappa shape index (κ2) is 11.0. The van der Waals surface area contributed by atoms with Gasteiger partial charge in [-0.2, -0.15) is 0 Å². The van der Waals surface area contributed by atoms with Gasteiger partial charge in [0.1, 0.15) is 0 Å². The van der Waals surface area contributed by atoms with Crippen LogP contribution in [0.5, 0.6) is 0 Å². The zero-order chi connectivity index (χ0) is 24.3. The molecule has 2 aromatic rings. The highest BCUT2D eigenvalue weighted by atomic mass is 79.9. The summed E-state index contributed by atoms with van der Waals surface area (Å²) in [7, 11) is 0. The summed E-state index contributed by atoms with van der Waals surface area (Å²) in [6.07, 6.45) is 0. The zero-order valence-corrected chi connectivity index (χ0v) is 23.4. The van der Waals surface area contributed by atoms with Crippen molar-refractivity contribution in [2.24, 2.45) is 0 Å². The molecule has 0 aliphatic carbocycles. The van der Waals surface area contributed by atoms with Crippen LogP contribution in [0.2, 0.25) is 0 Å². The number of hydrogen-bond donors (Lipinski definition) is 0. The maximum atomic E-state index is 13.7. The van der Waals surface area contributed by atoms with Gasteiger partial charge in [0.25, 0.3) is 11.8 Å². The second-order valence-electron chi connectivity index (χ2n) is 9.12. The Hall–Kier alpha value is -1.66. The van der Waals surface area contributed by atoms with Gasteiger partial charge in [-0.3, -0.25) is 9.59 Å². The molecule has 6 heteroatoms. The van der Waals surface area contributed by atoms with E-state index < -0.39 is 0 Å². The van der Waals surface area contributed by atoms with Crippen molar-refractivity contribution in [2.75, 3.05) is 0 Å². The molecule has 0 spiro atoms. The summed E-state index contributed by atoms with van der Waals surface area (Å²) in [5.74, 6) is -0.110. The first kappa shape index (κ1) is 26.6. The van der Waals surface area contributed by atoms with Crippen LogP contribution in [0.3, 0.4) is 0 Å². The van der Waals surface area contributed by atoms with Gasteiger partial charge in [0.2, 0.25) is 0 Å². The van der Waals surface area contributed by atoms with Crippen LogP contribution in [0.25, 0.3) is 11.1 Å². The highest BCUT2D eigenvalue weighted by molar-refractivity contribution is 9.10. The molecule has 32 heavy (non-hydrogen) atoms. The molecule has 0 radical (unpaired) electrons. The quantitative estimate of drug-likeness (QED) is 0.351. The molecule has 2 amide bonds. The Kier molecular flexibility index (Phi) is 9.12. The summed E-state index contributed by atoms with van der Waals surface area (Å²) in [5.41, 5.74) is 2.63. The van der Waals surface area contributed by atoms with Crippen molar-refractivity contribution < 1.29 is 9.59 Å². The number of carbonyl (C=O) groups excluding carboxylic acids is 2. The highest BCUT2D eigenvalue weighted by Crippen LogP contribution is 2.37. The minimum atomic E-state index is -0.0552. The van der Waals surface area contributed by atoms with E-state index in [1.807, 2.05) is 102 Å². The number of benzene rings is 2. The van der Waals surface area contributed by atoms with E-state index >= 15 is 0 Å². The third kappa shape index (κ3) is 5.45. The minimum absolute atomic E-state index is 0.0449. The number of nitrogens with zero attached hydrogens (tertiary/aromatic N) is 2. The molecular weight excluding hydrogens is 532 g/mol. The molecule has 0 aromatic heterocycles. The van der Waals surface area contributed by atoms with E-state index in [0.717, 1.165) is 11.1 Å². The fraction of sp³-hybridized carbons (Fsp3) is 0.462. The predicted octanol–water partition coefficient (Wildman–Crippen LogP) is 7.40. The molecule has 0 saturated carbocycles. The SMILES string of the molecule is CC(C)N(C(=O)c1c(Br)cccc1-c1cccc(Br)c1C(=O)N(C(C)C)C(C)C)C(C)C. The second-order valence-corrected chi connectivity index (χ2v) is 10.8. The third-order valence-electron chi connectivity index (χ3n) is 5.44. The molecule has 0 unspecified atom stereocenters.